The number of carbonyl (C=O) groups is 1. The van der Waals surface area contributed by atoms with Crippen LogP contribution >= 0.6 is 0 Å². The van der Waals surface area contributed by atoms with Crippen LogP contribution in [-0.4, -0.2) is 24.9 Å². The van der Waals surface area contributed by atoms with Crippen molar-refractivity contribution in [3.05, 3.63) is 70.9 Å². The Morgan fingerprint density at radius 2 is 1.89 bits per heavy atom. The summed E-state index contributed by atoms with van der Waals surface area (Å²) in [5, 5.41) is 0.687. The Balaban J connectivity index is 2.03. The first kappa shape index (κ1) is 19.9. The van der Waals surface area contributed by atoms with Crippen LogP contribution in [0.15, 0.2) is 42.6 Å². The van der Waals surface area contributed by atoms with E-state index in [4.69, 9.17) is 0 Å². The molecule has 146 valence electrons. The maximum Gasteiger partial charge on any atom is 0.232 e. The molecule has 28 heavy (non-hydrogen) atoms. The molecule has 3 rings (SSSR count). The Morgan fingerprint density at radius 3 is 2.61 bits per heavy atom. The number of carbonyl (C=O) groups excluding carboxylic acids is 1. The molecule has 1 aromatic heterocycles. The molecule has 5 nitrogen and oxygen atoms in total. The first-order valence-corrected chi connectivity index (χ1v) is 10.3. The van der Waals surface area contributed by atoms with Crippen molar-refractivity contribution in [1.82, 2.24) is 4.98 Å². The third-order valence-electron chi connectivity index (χ3n) is 4.10. The van der Waals surface area contributed by atoms with Crippen LogP contribution in [0.4, 0.5) is 14.5 Å². The Bertz CT molecular complexity index is 1180. The zero-order chi connectivity index (χ0) is 20.5. The number of aromatic nitrogens is 1. The van der Waals surface area contributed by atoms with E-state index in [9.17, 15) is 22.0 Å². The van der Waals surface area contributed by atoms with E-state index >= 15 is 0 Å². The molecule has 0 saturated carbocycles. The van der Waals surface area contributed by atoms with E-state index < -0.39 is 33.0 Å². The molecule has 0 aliphatic carbocycles. The van der Waals surface area contributed by atoms with Crippen LogP contribution in [0.5, 0.6) is 0 Å². The lowest BCUT2D eigenvalue weighted by Gasteiger charge is -2.11. The second kappa shape index (κ2) is 7.63. The number of hydrogen-bond acceptors (Lipinski definition) is 4. The minimum Gasteiger partial charge on any atom is -0.288 e. The molecule has 0 radical (unpaired) electrons. The molecule has 2 aromatic carbocycles. The maximum atomic E-state index is 14.3. The quantitative estimate of drug-likeness (QED) is 0.625. The number of halogens is 2. The van der Waals surface area contributed by atoms with Crippen LogP contribution in [0.2, 0.25) is 0 Å². The zero-order valence-electron chi connectivity index (χ0n) is 15.3. The van der Waals surface area contributed by atoms with Gasteiger partial charge < -0.3 is 0 Å². The van der Waals surface area contributed by atoms with E-state index in [-0.39, 0.29) is 17.0 Å². The van der Waals surface area contributed by atoms with Gasteiger partial charge in [0, 0.05) is 23.2 Å². The predicted octanol–water partition coefficient (Wildman–Crippen LogP) is 4.20. The van der Waals surface area contributed by atoms with Crippen molar-refractivity contribution < 1.29 is 22.0 Å². The van der Waals surface area contributed by atoms with E-state index in [0.29, 0.717) is 23.4 Å². The van der Waals surface area contributed by atoms with E-state index in [1.54, 1.807) is 25.3 Å². The zero-order valence-corrected chi connectivity index (χ0v) is 16.1. The average molecular weight is 404 g/mol. The van der Waals surface area contributed by atoms with Gasteiger partial charge in [0.25, 0.3) is 0 Å². The van der Waals surface area contributed by atoms with Gasteiger partial charge in [-0.05, 0) is 49.2 Å². The number of rotatable bonds is 6. The molecule has 8 heteroatoms. The molecule has 0 atom stereocenters. The number of nitrogens with zero attached hydrogens (tertiary/aromatic N) is 1. The summed E-state index contributed by atoms with van der Waals surface area (Å²) < 4.78 is 54.3. The first-order chi connectivity index (χ1) is 13.2. The van der Waals surface area contributed by atoms with Crippen molar-refractivity contribution in [2.75, 3.05) is 10.5 Å². The Labute approximate surface area is 161 Å². The van der Waals surface area contributed by atoms with E-state index in [1.807, 2.05) is 13.0 Å². The van der Waals surface area contributed by atoms with E-state index in [0.717, 1.165) is 11.6 Å². The standard InChI is InChI=1S/C20H18F2N2O3S/c1-3-6-28(26,27)24-15-9-16(19(22)17(21)10-15)20(25)13-4-5-18-14(8-13)7-12(2)11-23-18/h4-5,7-11,24H,3,6H2,1-2H3. The number of benzene rings is 2. The van der Waals surface area contributed by atoms with Gasteiger partial charge in [0.1, 0.15) is 0 Å². The smallest absolute Gasteiger partial charge is 0.232 e. The van der Waals surface area contributed by atoms with Gasteiger partial charge in [-0.3, -0.25) is 14.5 Å². The summed E-state index contributed by atoms with van der Waals surface area (Å²) in [7, 11) is -3.71. The van der Waals surface area contributed by atoms with Gasteiger partial charge >= 0.3 is 0 Å². The molecule has 0 spiro atoms. The highest BCUT2D eigenvalue weighted by Gasteiger charge is 2.21. The lowest BCUT2D eigenvalue weighted by atomic mass is 10.00. The largest absolute Gasteiger partial charge is 0.288 e. The molecule has 0 saturated heterocycles. The van der Waals surface area contributed by atoms with Crippen molar-refractivity contribution >= 4 is 32.4 Å². The van der Waals surface area contributed by atoms with Crippen LogP contribution in [0.3, 0.4) is 0 Å². The number of fused-ring (bicyclic) bond motifs is 1. The van der Waals surface area contributed by atoms with Crippen molar-refractivity contribution in [2.24, 2.45) is 0 Å². The number of anilines is 1. The summed E-state index contributed by atoms with van der Waals surface area (Å²) in [6, 6.07) is 8.18. The highest BCUT2D eigenvalue weighted by molar-refractivity contribution is 7.92. The number of hydrogen-bond donors (Lipinski definition) is 1. The van der Waals surface area contributed by atoms with Crippen molar-refractivity contribution in [3.63, 3.8) is 0 Å². The van der Waals surface area contributed by atoms with E-state index in [1.165, 1.54) is 6.07 Å². The van der Waals surface area contributed by atoms with Crippen LogP contribution < -0.4 is 4.72 Å². The van der Waals surface area contributed by atoms with Gasteiger partial charge in [0.15, 0.2) is 17.4 Å². The molecular weight excluding hydrogens is 386 g/mol. The predicted molar refractivity (Wildman–Crippen MR) is 104 cm³/mol. The third-order valence-corrected chi connectivity index (χ3v) is 5.59. The topological polar surface area (TPSA) is 76.1 Å². The second-order valence-electron chi connectivity index (χ2n) is 6.49. The van der Waals surface area contributed by atoms with Crippen LogP contribution in [-0.2, 0) is 10.0 Å². The SMILES string of the molecule is CCCS(=O)(=O)Nc1cc(F)c(F)c(C(=O)c2ccc3ncc(C)cc3c2)c1. The van der Waals surface area contributed by atoms with E-state index in [2.05, 4.69) is 9.71 Å². The molecule has 3 aromatic rings. The monoisotopic (exact) mass is 404 g/mol. The number of ketones is 1. The Kier molecular flexibility index (Phi) is 5.42. The number of sulfonamides is 1. The molecule has 0 aliphatic heterocycles. The van der Waals surface area contributed by atoms with Crippen LogP contribution in [0.25, 0.3) is 10.9 Å². The number of aryl methyl sites for hydroxylation is 1. The highest BCUT2D eigenvalue weighted by atomic mass is 32.2. The fraction of sp³-hybridized carbons (Fsp3) is 0.200. The summed E-state index contributed by atoms with van der Waals surface area (Å²) in [6.45, 7) is 3.53. The van der Waals surface area contributed by atoms with Crippen LogP contribution in [0, 0.1) is 18.6 Å². The van der Waals surface area contributed by atoms with Gasteiger partial charge in [-0.25, -0.2) is 17.2 Å². The Morgan fingerprint density at radius 1 is 1.14 bits per heavy atom. The minimum absolute atomic E-state index is 0.145. The second-order valence-corrected chi connectivity index (χ2v) is 8.33. The molecule has 1 N–H and O–H groups in total. The molecule has 0 fully saturated rings. The number of nitrogens with one attached hydrogen (secondary N) is 1. The first-order valence-electron chi connectivity index (χ1n) is 8.61. The summed E-state index contributed by atoms with van der Waals surface area (Å²) in [5.41, 5.74) is 0.950. The summed E-state index contributed by atoms with van der Waals surface area (Å²) in [6.07, 6.45) is 2.04. The lowest BCUT2D eigenvalue weighted by molar-refractivity contribution is 0.103. The van der Waals surface area contributed by atoms with Crippen molar-refractivity contribution in [3.8, 4) is 0 Å². The fourth-order valence-electron chi connectivity index (χ4n) is 2.85. The van der Waals surface area contributed by atoms with Gasteiger partial charge in [-0.15, -0.1) is 0 Å². The maximum absolute atomic E-state index is 14.3. The fourth-order valence-corrected chi connectivity index (χ4v) is 3.97. The average Bonchev–Trinajstić information content (AvgIpc) is 2.63. The molecule has 0 unspecified atom stereocenters. The van der Waals surface area contributed by atoms with Gasteiger partial charge in [-0.2, -0.15) is 0 Å². The summed E-state index contributed by atoms with van der Waals surface area (Å²) >= 11 is 0. The Hall–Kier alpha value is -2.87. The summed E-state index contributed by atoms with van der Waals surface area (Å²) in [4.78, 5) is 17.0. The number of pyridine rings is 1. The third kappa shape index (κ3) is 4.17. The van der Waals surface area contributed by atoms with Gasteiger partial charge in [-0.1, -0.05) is 6.92 Å². The normalized spacial score (nSPS) is 11.6. The van der Waals surface area contributed by atoms with Gasteiger partial charge in [0.05, 0.1) is 22.5 Å². The molecule has 0 aliphatic rings. The molecule has 1 heterocycles. The van der Waals surface area contributed by atoms with Crippen LogP contribution in [0.1, 0.15) is 34.8 Å². The molecular formula is C20H18F2N2O3S. The minimum atomic E-state index is -3.71. The molecule has 0 bridgehead atoms. The van der Waals surface area contributed by atoms with Gasteiger partial charge in [0.2, 0.25) is 10.0 Å². The van der Waals surface area contributed by atoms with Crippen molar-refractivity contribution in [2.45, 2.75) is 20.3 Å². The summed E-state index contributed by atoms with van der Waals surface area (Å²) in [5.74, 6) is -3.56. The highest BCUT2D eigenvalue weighted by Crippen LogP contribution is 2.24. The lowest BCUT2D eigenvalue weighted by Crippen LogP contribution is -2.17. The van der Waals surface area contributed by atoms with Crippen molar-refractivity contribution in [1.29, 1.82) is 0 Å². The molecule has 0 amide bonds.